The first-order valence-corrected chi connectivity index (χ1v) is 8.71. The second-order valence-corrected chi connectivity index (χ2v) is 6.81. The lowest BCUT2D eigenvalue weighted by molar-refractivity contribution is -0.0173. The molecule has 5 nitrogen and oxygen atoms in total. The molecule has 0 aliphatic carbocycles. The Kier molecular flexibility index (Phi) is 9.85. The third kappa shape index (κ3) is 7.70. The number of nitrogens with two attached hydrogens (primary N) is 1. The molecular formula is C13H29FNO4P. The summed E-state index contributed by atoms with van der Waals surface area (Å²) >= 11 is 0. The van der Waals surface area contributed by atoms with Crippen LogP contribution in [-0.4, -0.2) is 31.5 Å². The molecule has 0 heterocycles. The minimum atomic E-state index is -3.76. The average molecular weight is 313 g/mol. The van der Waals surface area contributed by atoms with Crippen molar-refractivity contribution in [3.05, 3.63) is 0 Å². The molecule has 0 aromatic rings. The molecule has 0 bridgehead atoms. The van der Waals surface area contributed by atoms with Gasteiger partial charge in [0.1, 0.15) is 11.8 Å². The monoisotopic (exact) mass is 313 g/mol. The van der Waals surface area contributed by atoms with E-state index in [-0.39, 0.29) is 19.8 Å². The van der Waals surface area contributed by atoms with E-state index in [2.05, 4.69) is 0 Å². The van der Waals surface area contributed by atoms with Crippen LogP contribution in [0.3, 0.4) is 0 Å². The summed E-state index contributed by atoms with van der Waals surface area (Å²) in [6.07, 6.45) is 1.82. The molecule has 2 N–H and O–H groups in total. The lowest BCUT2D eigenvalue weighted by Crippen LogP contribution is -2.40. The second kappa shape index (κ2) is 9.85. The van der Waals surface area contributed by atoms with E-state index in [4.69, 9.17) is 19.3 Å². The molecule has 0 saturated heterocycles. The topological polar surface area (TPSA) is 70.8 Å². The van der Waals surface area contributed by atoms with Gasteiger partial charge < -0.3 is 5.73 Å². The lowest BCUT2D eigenvalue weighted by atomic mass is 10.0. The van der Waals surface area contributed by atoms with Crippen LogP contribution in [0.15, 0.2) is 0 Å². The van der Waals surface area contributed by atoms with Crippen molar-refractivity contribution in [2.45, 2.75) is 65.2 Å². The van der Waals surface area contributed by atoms with Gasteiger partial charge >= 0.3 is 7.82 Å². The van der Waals surface area contributed by atoms with Gasteiger partial charge in [0.05, 0.1) is 13.2 Å². The third-order valence-electron chi connectivity index (χ3n) is 2.80. The molecule has 0 amide bonds. The van der Waals surface area contributed by atoms with Crippen molar-refractivity contribution in [1.82, 2.24) is 0 Å². The van der Waals surface area contributed by atoms with Crippen molar-refractivity contribution in [3.63, 3.8) is 0 Å². The molecule has 122 valence electrons. The third-order valence-corrected chi connectivity index (χ3v) is 4.49. The number of hydrogen-bond donors (Lipinski definition) is 1. The SMILES string of the molecule is CCCCOP(=O)(OCCCC)OC(C)(C)[C@H](F)CN. The predicted octanol–water partition coefficient (Wildman–Crippen LogP) is 3.82. The lowest BCUT2D eigenvalue weighted by Gasteiger charge is -2.31. The van der Waals surface area contributed by atoms with Crippen LogP contribution < -0.4 is 5.73 Å². The van der Waals surface area contributed by atoms with Crippen LogP contribution in [-0.2, 0) is 18.1 Å². The highest BCUT2D eigenvalue weighted by molar-refractivity contribution is 7.48. The summed E-state index contributed by atoms with van der Waals surface area (Å²) in [7, 11) is -3.76. The van der Waals surface area contributed by atoms with Gasteiger partial charge in [-0.25, -0.2) is 8.96 Å². The molecule has 0 aliphatic heterocycles. The van der Waals surface area contributed by atoms with Gasteiger partial charge in [-0.1, -0.05) is 26.7 Å². The summed E-state index contributed by atoms with van der Waals surface area (Å²) < 4.78 is 42.1. The van der Waals surface area contributed by atoms with Crippen LogP contribution in [0.5, 0.6) is 0 Å². The van der Waals surface area contributed by atoms with Gasteiger partial charge in [-0.05, 0) is 26.7 Å². The Bertz CT molecular complexity index is 288. The maximum atomic E-state index is 13.7. The summed E-state index contributed by atoms with van der Waals surface area (Å²) in [5.74, 6) is 0. The van der Waals surface area contributed by atoms with Gasteiger partial charge in [0.15, 0.2) is 0 Å². The minimum Gasteiger partial charge on any atom is -0.328 e. The molecule has 0 aliphatic rings. The van der Waals surface area contributed by atoms with Gasteiger partial charge in [-0.15, -0.1) is 0 Å². The fraction of sp³-hybridized carbons (Fsp3) is 1.00. The molecule has 0 aromatic heterocycles. The smallest absolute Gasteiger partial charge is 0.328 e. The number of rotatable bonds is 12. The first-order chi connectivity index (χ1) is 9.31. The summed E-state index contributed by atoms with van der Waals surface area (Å²) in [6.45, 7) is 7.27. The molecule has 0 aromatic carbocycles. The minimum absolute atomic E-state index is 0.211. The predicted molar refractivity (Wildman–Crippen MR) is 78.4 cm³/mol. The Morgan fingerprint density at radius 3 is 1.95 bits per heavy atom. The van der Waals surface area contributed by atoms with Crippen LogP contribution in [0, 0.1) is 0 Å². The Morgan fingerprint density at radius 1 is 1.15 bits per heavy atom. The van der Waals surface area contributed by atoms with Gasteiger partial charge in [0.2, 0.25) is 0 Å². The van der Waals surface area contributed by atoms with Crippen LogP contribution in [0.1, 0.15) is 53.4 Å². The molecule has 0 fully saturated rings. The Morgan fingerprint density at radius 2 is 1.60 bits per heavy atom. The number of alkyl halides is 1. The van der Waals surface area contributed by atoms with Crippen molar-refractivity contribution in [3.8, 4) is 0 Å². The van der Waals surface area contributed by atoms with Crippen LogP contribution in [0.4, 0.5) is 4.39 Å². The molecule has 0 spiro atoms. The van der Waals surface area contributed by atoms with Gasteiger partial charge in [0.25, 0.3) is 0 Å². The maximum absolute atomic E-state index is 13.7. The zero-order valence-corrected chi connectivity index (χ0v) is 14.0. The normalized spacial score (nSPS) is 14.5. The van der Waals surface area contributed by atoms with Crippen molar-refractivity contribution < 1.29 is 22.5 Å². The van der Waals surface area contributed by atoms with Crippen molar-refractivity contribution >= 4 is 7.82 Å². The first-order valence-electron chi connectivity index (χ1n) is 7.25. The highest BCUT2D eigenvalue weighted by Gasteiger charge is 2.40. The van der Waals surface area contributed by atoms with E-state index in [1.165, 1.54) is 13.8 Å². The van der Waals surface area contributed by atoms with E-state index in [1.54, 1.807) is 0 Å². The fourth-order valence-corrected chi connectivity index (χ4v) is 2.94. The molecule has 1 atom stereocenters. The first kappa shape index (κ1) is 20.0. The fourth-order valence-electron chi connectivity index (χ4n) is 1.36. The van der Waals surface area contributed by atoms with Gasteiger partial charge in [-0.3, -0.25) is 13.6 Å². The van der Waals surface area contributed by atoms with E-state index in [0.717, 1.165) is 25.7 Å². The average Bonchev–Trinajstić information content (AvgIpc) is 2.37. The van der Waals surface area contributed by atoms with Crippen molar-refractivity contribution in [1.29, 1.82) is 0 Å². The summed E-state index contributed by atoms with van der Waals surface area (Å²) in [5, 5.41) is 0. The van der Waals surface area contributed by atoms with Crippen LogP contribution in [0.25, 0.3) is 0 Å². The maximum Gasteiger partial charge on any atom is 0.475 e. The van der Waals surface area contributed by atoms with Gasteiger partial charge in [0, 0.05) is 6.54 Å². The van der Waals surface area contributed by atoms with Crippen LogP contribution in [0.2, 0.25) is 0 Å². The van der Waals surface area contributed by atoms with E-state index >= 15 is 0 Å². The van der Waals surface area contributed by atoms with E-state index in [0.29, 0.717) is 0 Å². The standard InChI is InChI=1S/C13H29FNO4P/c1-5-7-9-17-20(16,18-10-8-6-2)19-13(3,4)12(14)11-15/h12H,5-11,15H2,1-4H3/t12-/m1/s1. The highest BCUT2D eigenvalue weighted by Crippen LogP contribution is 2.53. The Labute approximate surface area is 122 Å². The van der Waals surface area contributed by atoms with Gasteiger partial charge in [-0.2, -0.15) is 0 Å². The summed E-state index contributed by atoms with van der Waals surface area (Å²) in [6, 6.07) is 0. The zero-order chi connectivity index (χ0) is 15.6. The summed E-state index contributed by atoms with van der Waals surface area (Å²) in [5.41, 5.74) is 3.98. The van der Waals surface area contributed by atoms with Crippen molar-refractivity contribution in [2.24, 2.45) is 5.73 Å². The quantitative estimate of drug-likeness (QED) is 0.438. The summed E-state index contributed by atoms with van der Waals surface area (Å²) in [4.78, 5) is 0. The van der Waals surface area contributed by atoms with Crippen LogP contribution >= 0.6 is 7.82 Å². The Hall–Kier alpha value is -0.0000000000000000208. The number of hydrogen-bond acceptors (Lipinski definition) is 5. The number of phosphoric acid groups is 1. The Balaban J connectivity index is 4.69. The highest BCUT2D eigenvalue weighted by atomic mass is 31.2. The largest absolute Gasteiger partial charge is 0.475 e. The van der Waals surface area contributed by atoms with Crippen molar-refractivity contribution in [2.75, 3.05) is 19.8 Å². The zero-order valence-electron chi connectivity index (χ0n) is 13.1. The van der Waals surface area contributed by atoms with E-state index < -0.39 is 19.6 Å². The second-order valence-electron chi connectivity index (χ2n) is 5.22. The molecule has 0 unspecified atom stereocenters. The molecule has 0 radical (unpaired) electrons. The number of halogens is 1. The molecular weight excluding hydrogens is 284 g/mol. The number of unbranched alkanes of at least 4 members (excludes halogenated alkanes) is 2. The number of phosphoric ester groups is 1. The molecule has 7 heteroatoms. The van der Waals surface area contributed by atoms with E-state index in [1.807, 2.05) is 13.8 Å². The molecule has 0 saturated carbocycles. The van der Waals surface area contributed by atoms with E-state index in [9.17, 15) is 8.96 Å². The molecule has 20 heavy (non-hydrogen) atoms. The molecule has 0 rings (SSSR count).